The third kappa shape index (κ3) is 3.44. The molecule has 0 atom stereocenters. The molecular formula is C26H20Cl2N2O. The van der Waals surface area contributed by atoms with Gasteiger partial charge in [0.15, 0.2) is 0 Å². The maximum absolute atomic E-state index is 13.1. The minimum Gasteiger partial charge on any atom is -0.342 e. The third-order valence-corrected chi connectivity index (χ3v) is 6.34. The zero-order chi connectivity index (χ0) is 21.5. The van der Waals surface area contributed by atoms with Gasteiger partial charge in [0.2, 0.25) is 0 Å². The number of carbonyl (C=O) groups is 1. The molecule has 0 radical (unpaired) electrons. The molecule has 0 saturated carbocycles. The normalized spacial score (nSPS) is 14.6. The van der Waals surface area contributed by atoms with Crippen molar-refractivity contribution in [2.45, 2.75) is 13.5 Å². The molecule has 1 aliphatic rings. The van der Waals surface area contributed by atoms with Crippen LogP contribution in [0, 0.1) is 0 Å². The fourth-order valence-corrected chi connectivity index (χ4v) is 4.74. The highest BCUT2D eigenvalue weighted by atomic mass is 35.5. The number of halogens is 2. The lowest BCUT2D eigenvalue weighted by Gasteiger charge is -2.13. The Labute approximate surface area is 191 Å². The lowest BCUT2D eigenvalue weighted by atomic mass is 10.0. The van der Waals surface area contributed by atoms with E-state index >= 15 is 0 Å². The maximum Gasteiger partial charge on any atom is 0.258 e. The van der Waals surface area contributed by atoms with Crippen molar-refractivity contribution in [2.24, 2.45) is 0 Å². The fraction of sp³-hybridized carbons (Fsp3) is 0.115. The van der Waals surface area contributed by atoms with E-state index in [-0.39, 0.29) is 5.91 Å². The van der Waals surface area contributed by atoms with Crippen molar-refractivity contribution in [3.8, 4) is 0 Å². The predicted octanol–water partition coefficient (Wildman–Crippen LogP) is 6.90. The van der Waals surface area contributed by atoms with Crippen molar-refractivity contribution >= 4 is 57.3 Å². The van der Waals surface area contributed by atoms with Crippen molar-refractivity contribution in [3.05, 3.63) is 99.7 Å². The number of nitrogens with zero attached hydrogens (tertiary/aromatic N) is 2. The first-order valence-corrected chi connectivity index (χ1v) is 11.0. The zero-order valence-corrected chi connectivity index (χ0v) is 18.5. The third-order valence-electron chi connectivity index (χ3n) is 5.75. The van der Waals surface area contributed by atoms with Gasteiger partial charge in [-0.2, -0.15) is 0 Å². The van der Waals surface area contributed by atoms with Gasteiger partial charge in [0.05, 0.1) is 5.69 Å². The molecule has 0 bridgehead atoms. The molecule has 0 aliphatic carbocycles. The number of amides is 1. The lowest BCUT2D eigenvalue weighted by Crippen LogP contribution is -2.25. The molecule has 3 aromatic carbocycles. The highest BCUT2D eigenvalue weighted by molar-refractivity contribution is 6.36. The van der Waals surface area contributed by atoms with Crippen molar-refractivity contribution in [3.63, 3.8) is 0 Å². The molecule has 0 N–H and O–H groups in total. The maximum atomic E-state index is 13.1. The van der Waals surface area contributed by atoms with Crippen LogP contribution in [0.15, 0.2) is 72.9 Å². The van der Waals surface area contributed by atoms with Gasteiger partial charge >= 0.3 is 0 Å². The monoisotopic (exact) mass is 446 g/mol. The Kier molecular flexibility index (Phi) is 5.09. The summed E-state index contributed by atoms with van der Waals surface area (Å²) in [5.41, 5.74) is 5.77. The van der Waals surface area contributed by atoms with Gasteiger partial charge in [-0.25, -0.2) is 0 Å². The van der Waals surface area contributed by atoms with Crippen LogP contribution < -0.4 is 4.90 Å². The van der Waals surface area contributed by atoms with Crippen molar-refractivity contribution in [1.29, 1.82) is 0 Å². The van der Waals surface area contributed by atoms with E-state index in [9.17, 15) is 4.79 Å². The number of hydrogen-bond donors (Lipinski definition) is 0. The standard InChI is InChI=1S/C26H20Cl2N2O/c1-2-30-25-10-6-4-8-21(25)22(26(30)31)13-18-16-29(24-9-5-3-7-20(18)24)15-17-11-12-19(27)14-23(17)28/h3-14,16H,2,15H2,1H3/b22-13-. The average molecular weight is 447 g/mol. The van der Waals surface area contributed by atoms with Gasteiger partial charge in [-0.05, 0) is 42.8 Å². The van der Waals surface area contributed by atoms with Crippen LogP contribution in [-0.4, -0.2) is 17.0 Å². The Hall–Kier alpha value is -3.01. The van der Waals surface area contributed by atoms with E-state index in [1.165, 1.54) is 0 Å². The SMILES string of the molecule is CCN1C(=O)/C(=C\c2cn(Cc3ccc(Cl)cc3Cl)c3ccccc23)c2ccccc21. The molecule has 5 rings (SSSR count). The number of hydrogen-bond acceptors (Lipinski definition) is 1. The predicted molar refractivity (Wildman–Crippen MR) is 130 cm³/mol. The largest absolute Gasteiger partial charge is 0.342 e. The smallest absolute Gasteiger partial charge is 0.258 e. The quantitative estimate of drug-likeness (QED) is 0.312. The van der Waals surface area contributed by atoms with Crippen molar-refractivity contribution in [2.75, 3.05) is 11.4 Å². The number of fused-ring (bicyclic) bond motifs is 2. The van der Waals surface area contributed by atoms with Gasteiger partial charge < -0.3 is 9.47 Å². The topological polar surface area (TPSA) is 25.2 Å². The number of para-hydroxylation sites is 2. The number of carbonyl (C=O) groups excluding carboxylic acids is 1. The minimum atomic E-state index is 0.0428. The molecule has 31 heavy (non-hydrogen) atoms. The zero-order valence-electron chi connectivity index (χ0n) is 17.0. The first kappa shape index (κ1) is 19.9. The number of aromatic nitrogens is 1. The van der Waals surface area contributed by atoms with Gasteiger partial charge in [0, 0.05) is 56.9 Å². The van der Waals surface area contributed by atoms with E-state index in [1.807, 2.05) is 66.4 Å². The van der Waals surface area contributed by atoms with E-state index in [2.05, 4.69) is 22.9 Å². The van der Waals surface area contributed by atoms with Gasteiger partial charge in [0.25, 0.3) is 5.91 Å². The first-order valence-electron chi connectivity index (χ1n) is 10.2. The molecule has 4 aromatic rings. The summed E-state index contributed by atoms with van der Waals surface area (Å²) in [6.07, 6.45) is 4.10. The Bertz CT molecular complexity index is 1350. The van der Waals surface area contributed by atoms with Crippen molar-refractivity contribution in [1.82, 2.24) is 4.57 Å². The highest BCUT2D eigenvalue weighted by Gasteiger charge is 2.31. The molecule has 1 amide bonds. The van der Waals surface area contributed by atoms with Crippen molar-refractivity contribution < 1.29 is 4.79 Å². The highest BCUT2D eigenvalue weighted by Crippen LogP contribution is 2.38. The first-order chi connectivity index (χ1) is 15.1. The van der Waals surface area contributed by atoms with Gasteiger partial charge in [-0.3, -0.25) is 4.79 Å². The average Bonchev–Trinajstić information content (AvgIpc) is 3.25. The molecule has 1 aromatic heterocycles. The number of rotatable bonds is 4. The Balaban J connectivity index is 1.63. The summed E-state index contributed by atoms with van der Waals surface area (Å²) < 4.78 is 2.17. The van der Waals surface area contributed by atoms with Crippen LogP contribution in [0.4, 0.5) is 5.69 Å². The second-order valence-corrected chi connectivity index (χ2v) is 8.43. The van der Waals surface area contributed by atoms with Crippen LogP contribution in [0.1, 0.15) is 23.6 Å². The van der Waals surface area contributed by atoms with Gasteiger partial charge in [0.1, 0.15) is 0 Å². The summed E-state index contributed by atoms with van der Waals surface area (Å²) in [5, 5.41) is 2.36. The number of likely N-dealkylation sites (N-methyl/N-ethyl adjacent to an activating group) is 1. The molecule has 3 nitrogen and oxygen atoms in total. The van der Waals surface area contributed by atoms with Crippen LogP contribution in [0.25, 0.3) is 22.6 Å². The Morgan fingerprint density at radius 1 is 0.968 bits per heavy atom. The Morgan fingerprint density at radius 2 is 1.74 bits per heavy atom. The van der Waals surface area contributed by atoms with E-state index in [1.54, 1.807) is 6.07 Å². The summed E-state index contributed by atoms with van der Waals surface area (Å²) in [6, 6.07) is 21.8. The molecule has 2 heterocycles. The summed E-state index contributed by atoms with van der Waals surface area (Å²) in [4.78, 5) is 15.0. The van der Waals surface area contributed by atoms with E-state index in [0.29, 0.717) is 23.1 Å². The number of benzene rings is 3. The second kappa shape index (κ2) is 7.92. The number of anilines is 1. The molecular weight excluding hydrogens is 427 g/mol. The van der Waals surface area contributed by atoms with Gasteiger partial charge in [-0.1, -0.05) is 65.7 Å². The molecule has 0 unspecified atom stereocenters. The lowest BCUT2D eigenvalue weighted by molar-refractivity contribution is -0.112. The molecule has 0 fully saturated rings. The minimum absolute atomic E-state index is 0.0428. The van der Waals surface area contributed by atoms with Gasteiger partial charge in [-0.15, -0.1) is 0 Å². The van der Waals surface area contributed by atoms with Crippen LogP contribution in [0.3, 0.4) is 0 Å². The summed E-state index contributed by atoms with van der Waals surface area (Å²) in [6.45, 7) is 3.26. The molecule has 1 aliphatic heterocycles. The summed E-state index contributed by atoms with van der Waals surface area (Å²) in [5.74, 6) is 0.0428. The van der Waals surface area contributed by atoms with E-state index < -0.39 is 0 Å². The molecule has 154 valence electrons. The van der Waals surface area contributed by atoms with Crippen LogP contribution >= 0.6 is 23.2 Å². The fourth-order valence-electron chi connectivity index (χ4n) is 4.27. The molecule has 0 spiro atoms. The van der Waals surface area contributed by atoms with E-state index in [4.69, 9.17) is 23.2 Å². The van der Waals surface area contributed by atoms with Crippen LogP contribution in [0.2, 0.25) is 10.0 Å². The summed E-state index contributed by atoms with van der Waals surface area (Å²) in [7, 11) is 0. The van der Waals surface area contributed by atoms with E-state index in [0.717, 1.165) is 38.9 Å². The van der Waals surface area contributed by atoms with Crippen LogP contribution in [0.5, 0.6) is 0 Å². The second-order valence-electron chi connectivity index (χ2n) is 7.59. The van der Waals surface area contributed by atoms with Crippen LogP contribution in [-0.2, 0) is 11.3 Å². The Morgan fingerprint density at radius 3 is 2.55 bits per heavy atom. The summed E-state index contributed by atoms with van der Waals surface area (Å²) >= 11 is 12.5. The molecule has 5 heteroatoms. The molecule has 0 saturated heterocycles.